The Balaban J connectivity index is 1.75. The van der Waals surface area contributed by atoms with E-state index in [2.05, 4.69) is 56.6 Å². The van der Waals surface area contributed by atoms with E-state index in [1.165, 1.54) is 37.3 Å². The lowest BCUT2D eigenvalue weighted by molar-refractivity contribution is 0.104. The predicted octanol–water partition coefficient (Wildman–Crippen LogP) is 2.39. The van der Waals surface area contributed by atoms with E-state index in [0.29, 0.717) is 6.04 Å². The molecular weight excluding hydrogens is 286 g/mol. The summed E-state index contributed by atoms with van der Waals surface area (Å²) in [5.41, 5.74) is 1.33. The number of likely N-dealkylation sites (tertiary alicyclic amines) is 1. The van der Waals surface area contributed by atoms with Crippen LogP contribution in [0.15, 0.2) is 36.9 Å². The zero-order valence-electron chi connectivity index (χ0n) is 14.2. The van der Waals surface area contributed by atoms with Crippen LogP contribution in [0.5, 0.6) is 0 Å². The molecule has 2 aromatic rings. The number of piperidine rings is 1. The second-order valence-corrected chi connectivity index (χ2v) is 6.42. The summed E-state index contributed by atoms with van der Waals surface area (Å²) < 4.78 is 2.24. The molecule has 2 aromatic heterocycles. The monoisotopic (exact) mass is 313 g/mol. The SMILES string of the molecule is CCn1ccnc1CN(Cc1ccncc1)C1CCN(C)CC1. The first-order valence-electron chi connectivity index (χ1n) is 8.57. The number of nitrogens with zero attached hydrogens (tertiary/aromatic N) is 5. The molecule has 1 aliphatic rings. The van der Waals surface area contributed by atoms with Gasteiger partial charge in [-0.15, -0.1) is 0 Å². The Morgan fingerprint density at radius 3 is 2.57 bits per heavy atom. The lowest BCUT2D eigenvalue weighted by Gasteiger charge is -2.37. The molecule has 1 saturated heterocycles. The number of imidazole rings is 1. The van der Waals surface area contributed by atoms with Crippen LogP contribution in [0, 0.1) is 0 Å². The van der Waals surface area contributed by atoms with Gasteiger partial charge >= 0.3 is 0 Å². The van der Waals surface area contributed by atoms with E-state index >= 15 is 0 Å². The molecule has 0 spiro atoms. The molecule has 0 aromatic carbocycles. The molecular formula is C18H27N5. The van der Waals surface area contributed by atoms with Gasteiger partial charge in [-0.05, 0) is 57.6 Å². The minimum Gasteiger partial charge on any atom is -0.334 e. The summed E-state index contributed by atoms with van der Waals surface area (Å²) in [4.78, 5) is 13.7. The molecule has 0 radical (unpaired) electrons. The lowest BCUT2D eigenvalue weighted by atomic mass is 10.0. The van der Waals surface area contributed by atoms with Gasteiger partial charge in [0.15, 0.2) is 0 Å². The van der Waals surface area contributed by atoms with Crippen LogP contribution in [0.3, 0.4) is 0 Å². The molecule has 0 saturated carbocycles. The van der Waals surface area contributed by atoms with Crippen LogP contribution >= 0.6 is 0 Å². The Morgan fingerprint density at radius 2 is 1.87 bits per heavy atom. The maximum absolute atomic E-state index is 4.58. The summed E-state index contributed by atoms with van der Waals surface area (Å²) >= 11 is 0. The summed E-state index contributed by atoms with van der Waals surface area (Å²) in [6.07, 6.45) is 10.2. The van der Waals surface area contributed by atoms with Crippen LogP contribution in [0.1, 0.15) is 31.2 Å². The highest BCUT2D eigenvalue weighted by atomic mass is 15.2. The highest BCUT2D eigenvalue weighted by molar-refractivity contribution is 5.10. The van der Waals surface area contributed by atoms with Crippen LogP contribution in [0.4, 0.5) is 0 Å². The third-order valence-corrected chi connectivity index (χ3v) is 4.83. The summed E-state index contributed by atoms with van der Waals surface area (Å²) in [5, 5.41) is 0. The largest absolute Gasteiger partial charge is 0.334 e. The lowest BCUT2D eigenvalue weighted by Crippen LogP contribution is -2.43. The van der Waals surface area contributed by atoms with Crippen LogP contribution in [-0.2, 0) is 19.6 Å². The smallest absolute Gasteiger partial charge is 0.122 e. The molecule has 0 atom stereocenters. The minimum atomic E-state index is 0.626. The molecule has 0 bridgehead atoms. The van der Waals surface area contributed by atoms with Crippen molar-refractivity contribution in [3.63, 3.8) is 0 Å². The van der Waals surface area contributed by atoms with Crippen LogP contribution in [-0.4, -0.2) is 50.5 Å². The van der Waals surface area contributed by atoms with Gasteiger partial charge in [-0.1, -0.05) is 0 Å². The number of hydrogen-bond donors (Lipinski definition) is 0. The first-order valence-corrected chi connectivity index (χ1v) is 8.57. The van der Waals surface area contributed by atoms with E-state index in [0.717, 1.165) is 19.6 Å². The van der Waals surface area contributed by atoms with Crippen molar-refractivity contribution < 1.29 is 0 Å². The molecule has 5 heteroatoms. The Morgan fingerprint density at radius 1 is 1.13 bits per heavy atom. The van der Waals surface area contributed by atoms with Gasteiger partial charge in [0.05, 0.1) is 6.54 Å². The normalized spacial score (nSPS) is 17.0. The topological polar surface area (TPSA) is 37.2 Å². The van der Waals surface area contributed by atoms with E-state index in [4.69, 9.17) is 0 Å². The Hall–Kier alpha value is -1.72. The predicted molar refractivity (Wildman–Crippen MR) is 91.9 cm³/mol. The molecule has 23 heavy (non-hydrogen) atoms. The quantitative estimate of drug-likeness (QED) is 0.821. The molecule has 1 aliphatic heterocycles. The Labute approximate surface area is 139 Å². The van der Waals surface area contributed by atoms with E-state index < -0.39 is 0 Å². The van der Waals surface area contributed by atoms with Crippen molar-refractivity contribution >= 4 is 0 Å². The zero-order valence-corrected chi connectivity index (χ0v) is 14.2. The number of hydrogen-bond acceptors (Lipinski definition) is 4. The summed E-state index contributed by atoms with van der Waals surface area (Å²) in [6.45, 7) is 7.39. The van der Waals surface area contributed by atoms with Crippen molar-refractivity contribution in [2.24, 2.45) is 0 Å². The molecule has 0 N–H and O–H groups in total. The fourth-order valence-electron chi connectivity index (χ4n) is 3.36. The maximum Gasteiger partial charge on any atom is 0.122 e. The molecule has 1 fully saturated rings. The summed E-state index contributed by atoms with van der Waals surface area (Å²) in [6, 6.07) is 4.86. The fourth-order valence-corrected chi connectivity index (χ4v) is 3.36. The Bertz CT molecular complexity index is 586. The molecule has 0 aliphatic carbocycles. The van der Waals surface area contributed by atoms with Gasteiger partial charge in [0, 0.05) is 43.9 Å². The van der Waals surface area contributed by atoms with Gasteiger partial charge in [0.25, 0.3) is 0 Å². The van der Waals surface area contributed by atoms with Gasteiger partial charge in [0.2, 0.25) is 0 Å². The zero-order chi connectivity index (χ0) is 16.1. The van der Waals surface area contributed by atoms with Crippen molar-refractivity contribution in [3.05, 3.63) is 48.3 Å². The van der Waals surface area contributed by atoms with Gasteiger partial charge in [-0.2, -0.15) is 0 Å². The average molecular weight is 313 g/mol. The fraction of sp³-hybridized carbons (Fsp3) is 0.556. The van der Waals surface area contributed by atoms with Gasteiger partial charge in [0.1, 0.15) is 5.82 Å². The second-order valence-electron chi connectivity index (χ2n) is 6.42. The van der Waals surface area contributed by atoms with Crippen LogP contribution in [0.2, 0.25) is 0 Å². The minimum absolute atomic E-state index is 0.626. The maximum atomic E-state index is 4.58. The number of rotatable bonds is 6. The van der Waals surface area contributed by atoms with E-state index in [9.17, 15) is 0 Å². The van der Waals surface area contributed by atoms with Crippen LogP contribution < -0.4 is 0 Å². The van der Waals surface area contributed by atoms with Gasteiger partial charge in [-0.3, -0.25) is 9.88 Å². The average Bonchev–Trinajstić information content (AvgIpc) is 3.03. The van der Waals surface area contributed by atoms with Gasteiger partial charge < -0.3 is 9.47 Å². The summed E-state index contributed by atoms with van der Waals surface area (Å²) in [5.74, 6) is 1.17. The van der Waals surface area contributed by atoms with Crippen molar-refractivity contribution in [2.45, 2.75) is 45.4 Å². The first-order chi connectivity index (χ1) is 11.3. The number of pyridine rings is 1. The van der Waals surface area contributed by atoms with Crippen molar-refractivity contribution in [2.75, 3.05) is 20.1 Å². The number of aryl methyl sites for hydroxylation is 1. The second kappa shape index (κ2) is 7.70. The van der Waals surface area contributed by atoms with Crippen molar-refractivity contribution in [3.8, 4) is 0 Å². The van der Waals surface area contributed by atoms with E-state index in [-0.39, 0.29) is 0 Å². The Kier molecular flexibility index (Phi) is 5.41. The first kappa shape index (κ1) is 16.1. The molecule has 0 unspecified atom stereocenters. The highest BCUT2D eigenvalue weighted by Gasteiger charge is 2.24. The highest BCUT2D eigenvalue weighted by Crippen LogP contribution is 2.20. The molecule has 0 amide bonds. The van der Waals surface area contributed by atoms with E-state index in [1.54, 1.807) is 0 Å². The third kappa shape index (κ3) is 4.18. The molecule has 3 rings (SSSR count). The molecule has 5 nitrogen and oxygen atoms in total. The van der Waals surface area contributed by atoms with E-state index in [1.807, 2.05) is 18.6 Å². The third-order valence-electron chi connectivity index (χ3n) is 4.83. The van der Waals surface area contributed by atoms with Crippen molar-refractivity contribution in [1.82, 2.24) is 24.3 Å². The molecule has 124 valence electrons. The van der Waals surface area contributed by atoms with Crippen molar-refractivity contribution in [1.29, 1.82) is 0 Å². The van der Waals surface area contributed by atoms with Gasteiger partial charge in [-0.25, -0.2) is 4.98 Å². The number of aromatic nitrogens is 3. The van der Waals surface area contributed by atoms with Crippen LogP contribution in [0.25, 0.3) is 0 Å². The standard InChI is InChI=1S/C18H27N5/c1-3-22-13-10-20-18(22)15-23(14-16-4-8-19-9-5-16)17-6-11-21(2)12-7-17/h4-5,8-10,13,17H,3,6-7,11-12,14-15H2,1-2H3. The molecule has 3 heterocycles. The summed E-state index contributed by atoms with van der Waals surface area (Å²) in [7, 11) is 2.22.